The van der Waals surface area contributed by atoms with Crippen LogP contribution in [0.4, 0.5) is 0 Å². The SMILES string of the molecule is CC(OC(=O)CNS(=O)(=O)c1ccc2c(c1)OCCCO2)C(=O)NCc1ccc2c(c1)OCO2. The number of nitrogens with one attached hydrogen (secondary N) is 2. The summed E-state index contributed by atoms with van der Waals surface area (Å²) in [6.45, 7) is 1.98. The summed E-state index contributed by atoms with van der Waals surface area (Å²) in [5.41, 5.74) is 0.777. The van der Waals surface area contributed by atoms with Crippen LogP contribution in [0.25, 0.3) is 0 Å². The van der Waals surface area contributed by atoms with Crippen molar-refractivity contribution in [2.24, 2.45) is 0 Å². The molecule has 0 aliphatic carbocycles. The summed E-state index contributed by atoms with van der Waals surface area (Å²) in [6.07, 6.45) is -0.437. The monoisotopic (exact) mass is 492 g/mol. The fourth-order valence-electron chi connectivity index (χ4n) is 3.22. The molecule has 4 rings (SSSR count). The van der Waals surface area contributed by atoms with E-state index in [0.717, 1.165) is 5.56 Å². The Kier molecular flexibility index (Phi) is 7.08. The van der Waals surface area contributed by atoms with Gasteiger partial charge in [-0.2, -0.15) is 4.72 Å². The van der Waals surface area contributed by atoms with Crippen LogP contribution in [0.1, 0.15) is 18.9 Å². The Bertz CT molecular complexity index is 1180. The zero-order valence-corrected chi connectivity index (χ0v) is 19.2. The highest BCUT2D eigenvalue weighted by atomic mass is 32.2. The Hall–Kier alpha value is -3.51. The minimum Gasteiger partial charge on any atom is -0.490 e. The van der Waals surface area contributed by atoms with E-state index in [0.29, 0.717) is 42.6 Å². The van der Waals surface area contributed by atoms with Crippen molar-refractivity contribution < 1.29 is 41.7 Å². The van der Waals surface area contributed by atoms with Crippen LogP contribution in [0.15, 0.2) is 41.3 Å². The molecule has 0 saturated carbocycles. The van der Waals surface area contributed by atoms with Gasteiger partial charge in [0.1, 0.15) is 6.54 Å². The van der Waals surface area contributed by atoms with Crippen LogP contribution < -0.4 is 29.0 Å². The van der Waals surface area contributed by atoms with Gasteiger partial charge in [0.25, 0.3) is 5.91 Å². The average molecular weight is 493 g/mol. The maximum Gasteiger partial charge on any atom is 0.321 e. The Morgan fingerprint density at radius 2 is 1.65 bits per heavy atom. The van der Waals surface area contributed by atoms with E-state index in [9.17, 15) is 18.0 Å². The predicted molar refractivity (Wildman–Crippen MR) is 117 cm³/mol. The van der Waals surface area contributed by atoms with Crippen LogP contribution in [-0.4, -0.2) is 52.9 Å². The van der Waals surface area contributed by atoms with E-state index < -0.39 is 34.5 Å². The number of esters is 1. The normalized spacial score (nSPS) is 15.2. The van der Waals surface area contributed by atoms with E-state index >= 15 is 0 Å². The maximum atomic E-state index is 12.6. The number of amides is 1. The molecule has 0 saturated heterocycles. The minimum absolute atomic E-state index is 0.0842. The second-order valence-electron chi connectivity index (χ2n) is 7.52. The number of fused-ring (bicyclic) bond motifs is 2. The molecule has 2 aliphatic heterocycles. The molecule has 2 aliphatic rings. The highest BCUT2D eigenvalue weighted by Crippen LogP contribution is 2.33. The molecule has 2 heterocycles. The zero-order valence-electron chi connectivity index (χ0n) is 18.4. The van der Waals surface area contributed by atoms with E-state index in [1.54, 1.807) is 18.2 Å². The number of hydrogen-bond donors (Lipinski definition) is 2. The Labute approximate surface area is 196 Å². The Morgan fingerprint density at radius 1 is 0.971 bits per heavy atom. The first kappa shape index (κ1) is 23.6. The molecule has 0 aromatic heterocycles. The molecule has 0 bridgehead atoms. The summed E-state index contributed by atoms with van der Waals surface area (Å²) in [4.78, 5) is 24.3. The molecule has 182 valence electrons. The highest BCUT2D eigenvalue weighted by molar-refractivity contribution is 7.89. The van der Waals surface area contributed by atoms with Crippen LogP contribution in [-0.2, 0) is 30.9 Å². The lowest BCUT2D eigenvalue weighted by Gasteiger charge is -2.14. The smallest absolute Gasteiger partial charge is 0.321 e. The third-order valence-electron chi connectivity index (χ3n) is 5.02. The first-order chi connectivity index (χ1) is 16.3. The lowest BCUT2D eigenvalue weighted by molar-refractivity contribution is -0.153. The number of benzene rings is 2. The van der Waals surface area contributed by atoms with Gasteiger partial charge in [-0.1, -0.05) is 6.07 Å². The van der Waals surface area contributed by atoms with Gasteiger partial charge in [-0.25, -0.2) is 8.42 Å². The summed E-state index contributed by atoms with van der Waals surface area (Å²) in [5.74, 6) is 0.561. The van der Waals surface area contributed by atoms with Gasteiger partial charge in [0.05, 0.1) is 18.1 Å². The predicted octanol–water partition coefficient (Wildman–Crippen LogP) is 1.10. The molecule has 0 radical (unpaired) electrons. The third kappa shape index (κ3) is 5.69. The summed E-state index contributed by atoms with van der Waals surface area (Å²) in [6, 6.07) is 9.45. The second-order valence-corrected chi connectivity index (χ2v) is 9.29. The molecule has 0 fully saturated rings. The topological polar surface area (TPSA) is 138 Å². The first-order valence-corrected chi connectivity index (χ1v) is 12.1. The average Bonchev–Trinajstić information content (AvgIpc) is 3.16. The fraction of sp³-hybridized carbons (Fsp3) is 0.364. The molecule has 2 aromatic rings. The molecule has 0 spiro atoms. The van der Waals surface area contributed by atoms with Crippen molar-refractivity contribution in [1.82, 2.24) is 10.0 Å². The largest absolute Gasteiger partial charge is 0.490 e. The Balaban J connectivity index is 1.25. The van der Waals surface area contributed by atoms with Crippen LogP contribution in [0, 0.1) is 0 Å². The number of ether oxygens (including phenoxy) is 5. The van der Waals surface area contributed by atoms with Crippen molar-refractivity contribution >= 4 is 21.9 Å². The van der Waals surface area contributed by atoms with Gasteiger partial charge in [-0.15, -0.1) is 0 Å². The van der Waals surface area contributed by atoms with Gasteiger partial charge >= 0.3 is 5.97 Å². The number of sulfonamides is 1. The molecule has 2 N–H and O–H groups in total. The van der Waals surface area contributed by atoms with Crippen molar-refractivity contribution in [3.8, 4) is 23.0 Å². The van der Waals surface area contributed by atoms with Crippen molar-refractivity contribution in [2.75, 3.05) is 26.6 Å². The van der Waals surface area contributed by atoms with Crippen molar-refractivity contribution in [2.45, 2.75) is 30.9 Å². The van der Waals surface area contributed by atoms with Crippen molar-refractivity contribution in [3.05, 3.63) is 42.0 Å². The number of carbonyl (C=O) groups is 2. The molecule has 1 unspecified atom stereocenters. The van der Waals surface area contributed by atoms with Crippen LogP contribution in [0.2, 0.25) is 0 Å². The van der Waals surface area contributed by atoms with Gasteiger partial charge in [0.2, 0.25) is 16.8 Å². The first-order valence-electron chi connectivity index (χ1n) is 10.6. The molecule has 11 nitrogen and oxygen atoms in total. The molecule has 1 amide bonds. The zero-order chi connectivity index (χ0) is 24.1. The van der Waals surface area contributed by atoms with E-state index in [4.69, 9.17) is 23.7 Å². The lowest BCUT2D eigenvalue weighted by Crippen LogP contribution is -2.38. The summed E-state index contributed by atoms with van der Waals surface area (Å²) >= 11 is 0. The summed E-state index contributed by atoms with van der Waals surface area (Å²) in [5, 5.41) is 2.65. The molecular weight excluding hydrogens is 468 g/mol. The summed E-state index contributed by atoms with van der Waals surface area (Å²) in [7, 11) is -4.02. The van der Waals surface area contributed by atoms with Gasteiger partial charge in [0.15, 0.2) is 29.1 Å². The minimum atomic E-state index is -4.02. The third-order valence-corrected chi connectivity index (χ3v) is 6.42. The second kappa shape index (κ2) is 10.2. The van der Waals surface area contributed by atoms with Crippen LogP contribution in [0.3, 0.4) is 0 Å². The molecular formula is C22H24N2O9S. The van der Waals surface area contributed by atoms with Crippen LogP contribution >= 0.6 is 0 Å². The number of hydrogen-bond acceptors (Lipinski definition) is 9. The quantitative estimate of drug-likeness (QED) is 0.519. The number of carbonyl (C=O) groups excluding carboxylic acids is 2. The van der Waals surface area contributed by atoms with Gasteiger partial charge in [0, 0.05) is 19.0 Å². The molecule has 12 heteroatoms. The van der Waals surface area contributed by atoms with Gasteiger partial charge in [-0.05, 0) is 36.8 Å². The molecule has 1 atom stereocenters. The number of rotatable bonds is 8. The van der Waals surface area contributed by atoms with Gasteiger partial charge in [-0.3, -0.25) is 9.59 Å². The highest BCUT2D eigenvalue weighted by Gasteiger charge is 2.22. The van der Waals surface area contributed by atoms with Crippen LogP contribution in [0.5, 0.6) is 23.0 Å². The van der Waals surface area contributed by atoms with Crippen molar-refractivity contribution in [1.29, 1.82) is 0 Å². The van der Waals surface area contributed by atoms with E-state index in [-0.39, 0.29) is 18.2 Å². The van der Waals surface area contributed by atoms with E-state index in [2.05, 4.69) is 10.0 Å². The standard InChI is InChI=1S/C22H24N2O9S/c1-14(22(26)23-11-15-3-5-18-19(9-15)32-13-31-18)33-21(25)12-24-34(27,28)16-4-6-17-20(10-16)30-8-2-7-29-17/h3-6,9-10,14,24H,2,7-8,11-13H2,1H3,(H,23,26). The lowest BCUT2D eigenvalue weighted by atomic mass is 10.2. The fourth-order valence-corrected chi connectivity index (χ4v) is 4.21. The molecule has 2 aromatic carbocycles. The summed E-state index contributed by atoms with van der Waals surface area (Å²) < 4.78 is 53.8. The van der Waals surface area contributed by atoms with Gasteiger partial charge < -0.3 is 29.0 Å². The Morgan fingerprint density at radius 3 is 2.47 bits per heavy atom. The van der Waals surface area contributed by atoms with Crippen molar-refractivity contribution in [3.63, 3.8) is 0 Å². The van der Waals surface area contributed by atoms with E-state index in [1.807, 2.05) is 0 Å². The van der Waals surface area contributed by atoms with E-state index in [1.165, 1.54) is 25.1 Å². The molecule has 34 heavy (non-hydrogen) atoms. The maximum absolute atomic E-state index is 12.6.